The number of hydrogen-bond acceptors (Lipinski definition) is 5. The highest BCUT2D eigenvalue weighted by Gasteiger charge is 2.27. The van der Waals surface area contributed by atoms with Crippen molar-refractivity contribution in [3.63, 3.8) is 0 Å². The Balaban J connectivity index is 1.99. The molecule has 1 atom stereocenters. The number of rotatable bonds is 7. The van der Waals surface area contributed by atoms with Gasteiger partial charge in [-0.1, -0.05) is 41.7 Å². The molecule has 1 heterocycles. The molecule has 0 spiro atoms. The number of benzene rings is 1. The van der Waals surface area contributed by atoms with Gasteiger partial charge in [0.2, 0.25) is 5.13 Å². The zero-order valence-electron chi connectivity index (χ0n) is 14.2. The minimum atomic E-state index is -0.305. The first-order valence-corrected chi connectivity index (χ1v) is 8.83. The minimum absolute atomic E-state index is 0.00898. The first-order chi connectivity index (χ1) is 11.4. The Morgan fingerprint density at radius 2 is 2.00 bits per heavy atom. The molecule has 0 aliphatic heterocycles. The second kappa shape index (κ2) is 8.21. The molecule has 0 saturated carbocycles. The number of nitrogens with one attached hydrogen (secondary N) is 2. The van der Waals surface area contributed by atoms with E-state index in [1.54, 1.807) is 0 Å². The summed E-state index contributed by atoms with van der Waals surface area (Å²) in [5, 5.41) is 24.0. The molecule has 2 amide bonds. The number of aliphatic hydroxyl groups excluding tert-OH is 1. The van der Waals surface area contributed by atoms with Crippen molar-refractivity contribution in [2.75, 3.05) is 11.9 Å². The summed E-state index contributed by atoms with van der Waals surface area (Å²) in [5.41, 5.74) is 0.874. The topological polar surface area (TPSA) is 87.1 Å². The summed E-state index contributed by atoms with van der Waals surface area (Å²) in [6, 6.07) is 9.78. The summed E-state index contributed by atoms with van der Waals surface area (Å²) in [6.07, 6.45) is 1.39. The smallest absolute Gasteiger partial charge is 0.321 e. The molecule has 0 aliphatic rings. The van der Waals surface area contributed by atoms with E-state index >= 15 is 0 Å². The van der Waals surface area contributed by atoms with E-state index in [0.717, 1.165) is 17.0 Å². The molecule has 24 heavy (non-hydrogen) atoms. The number of carbonyl (C=O) groups excluding carboxylic acids is 1. The molecule has 0 bridgehead atoms. The van der Waals surface area contributed by atoms with E-state index in [-0.39, 0.29) is 24.1 Å². The van der Waals surface area contributed by atoms with Crippen LogP contribution in [0.1, 0.15) is 44.2 Å². The molecule has 2 aromatic rings. The summed E-state index contributed by atoms with van der Waals surface area (Å²) < 4.78 is 0. The zero-order chi connectivity index (χ0) is 17.6. The summed E-state index contributed by atoms with van der Waals surface area (Å²) >= 11 is 1.37. The van der Waals surface area contributed by atoms with Crippen LogP contribution in [0.15, 0.2) is 30.3 Å². The number of aromatic nitrogens is 2. The van der Waals surface area contributed by atoms with Crippen LogP contribution in [0.2, 0.25) is 0 Å². The van der Waals surface area contributed by atoms with Gasteiger partial charge >= 0.3 is 6.03 Å². The third-order valence-corrected chi connectivity index (χ3v) is 5.01. The van der Waals surface area contributed by atoms with Gasteiger partial charge in [-0.3, -0.25) is 5.32 Å². The number of hydrogen-bond donors (Lipinski definition) is 3. The van der Waals surface area contributed by atoms with Crippen LogP contribution >= 0.6 is 11.3 Å². The van der Waals surface area contributed by atoms with Crippen molar-refractivity contribution in [2.24, 2.45) is 0 Å². The number of amides is 2. The first kappa shape index (κ1) is 18.4. The van der Waals surface area contributed by atoms with Gasteiger partial charge in [0.15, 0.2) is 0 Å². The normalized spacial score (nSPS) is 12.7. The average molecular weight is 348 g/mol. The fourth-order valence-corrected chi connectivity index (χ4v) is 3.19. The van der Waals surface area contributed by atoms with Gasteiger partial charge in [-0.25, -0.2) is 4.79 Å². The number of nitrogens with zero attached hydrogens (tertiary/aromatic N) is 2. The van der Waals surface area contributed by atoms with Gasteiger partial charge in [-0.15, -0.1) is 10.2 Å². The van der Waals surface area contributed by atoms with E-state index in [1.165, 1.54) is 11.3 Å². The van der Waals surface area contributed by atoms with Crippen LogP contribution in [0.3, 0.4) is 0 Å². The number of carbonyl (C=O) groups is 1. The van der Waals surface area contributed by atoms with E-state index in [2.05, 4.69) is 46.8 Å². The number of urea groups is 1. The average Bonchev–Trinajstić information content (AvgIpc) is 3.02. The van der Waals surface area contributed by atoms with Crippen LogP contribution in [-0.2, 0) is 5.41 Å². The van der Waals surface area contributed by atoms with Crippen LogP contribution < -0.4 is 10.6 Å². The van der Waals surface area contributed by atoms with Crippen LogP contribution in [0.25, 0.3) is 0 Å². The Bertz CT molecular complexity index is 658. The van der Waals surface area contributed by atoms with Crippen molar-refractivity contribution < 1.29 is 9.90 Å². The lowest BCUT2D eigenvalue weighted by atomic mass is 9.85. The lowest BCUT2D eigenvalue weighted by molar-refractivity contribution is 0.245. The summed E-state index contributed by atoms with van der Waals surface area (Å²) in [6.45, 7) is 6.20. The fraction of sp³-hybridized carbons (Fsp3) is 0.471. The Morgan fingerprint density at radius 1 is 1.29 bits per heavy atom. The van der Waals surface area contributed by atoms with Crippen molar-refractivity contribution in [2.45, 2.75) is 45.1 Å². The fourth-order valence-electron chi connectivity index (χ4n) is 2.33. The van der Waals surface area contributed by atoms with Gasteiger partial charge in [-0.2, -0.15) is 0 Å². The second-order valence-corrected chi connectivity index (χ2v) is 7.25. The molecule has 6 nitrogen and oxygen atoms in total. The van der Waals surface area contributed by atoms with Gasteiger partial charge in [0, 0.05) is 18.1 Å². The highest BCUT2D eigenvalue weighted by molar-refractivity contribution is 7.15. The molecule has 130 valence electrons. The van der Waals surface area contributed by atoms with Gasteiger partial charge in [0.25, 0.3) is 0 Å². The monoisotopic (exact) mass is 348 g/mol. The molecule has 2 rings (SSSR count). The molecule has 0 radical (unpaired) electrons. The maximum Gasteiger partial charge on any atom is 0.321 e. The standard InChI is InChI=1S/C17H24N4O2S/c1-12(8-7-11-22)18-15(23)19-16-21-20-14(24-16)17(2,3)13-9-5-4-6-10-13/h4-6,9-10,12,22H,7-8,11H2,1-3H3,(H2,18,19,21,23). The number of anilines is 1. The highest BCUT2D eigenvalue weighted by Crippen LogP contribution is 2.34. The van der Waals surface area contributed by atoms with E-state index in [0.29, 0.717) is 11.6 Å². The molecule has 1 unspecified atom stereocenters. The van der Waals surface area contributed by atoms with E-state index in [1.807, 2.05) is 25.1 Å². The van der Waals surface area contributed by atoms with Crippen LogP contribution in [0.5, 0.6) is 0 Å². The summed E-state index contributed by atoms with van der Waals surface area (Å²) in [7, 11) is 0. The van der Waals surface area contributed by atoms with Gasteiger partial charge < -0.3 is 10.4 Å². The lowest BCUT2D eigenvalue weighted by Gasteiger charge is -2.21. The predicted molar refractivity (Wildman–Crippen MR) is 96.4 cm³/mol. The predicted octanol–water partition coefficient (Wildman–Crippen LogP) is 3.15. The Hall–Kier alpha value is -1.99. The van der Waals surface area contributed by atoms with Crippen molar-refractivity contribution in [3.05, 3.63) is 40.9 Å². The van der Waals surface area contributed by atoms with E-state index in [9.17, 15) is 4.79 Å². The Labute approximate surface area is 146 Å². The van der Waals surface area contributed by atoms with Gasteiger partial charge in [0.05, 0.1) is 0 Å². The van der Waals surface area contributed by atoms with Crippen LogP contribution in [0, 0.1) is 0 Å². The van der Waals surface area contributed by atoms with Crippen molar-refractivity contribution >= 4 is 22.5 Å². The Kier molecular flexibility index (Phi) is 6.28. The zero-order valence-corrected chi connectivity index (χ0v) is 15.1. The maximum atomic E-state index is 12.0. The molecule has 0 saturated heterocycles. The van der Waals surface area contributed by atoms with E-state index in [4.69, 9.17) is 5.11 Å². The highest BCUT2D eigenvalue weighted by atomic mass is 32.1. The molecule has 1 aromatic heterocycles. The summed E-state index contributed by atoms with van der Waals surface area (Å²) in [5.74, 6) is 0. The van der Waals surface area contributed by atoms with Crippen molar-refractivity contribution in [1.29, 1.82) is 0 Å². The molecular formula is C17H24N4O2S. The molecule has 0 aliphatic carbocycles. The molecule has 3 N–H and O–H groups in total. The SMILES string of the molecule is CC(CCCO)NC(=O)Nc1nnc(C(C)(C)c2ccccc2)s1. The van der Waals surface area contributed by atoms with E-state index < -0.39 is 0 Å². The second-order valence-electron chi connectivity index (χ2n) is 6.27. The number of aliphatic hydroxyl groups is 1. The summed E-state index contributed by atoms with van der Waals surface area (Å²) in [4.78, 5) is 12.0. The third kappa shape index (κ3) is 4.75. The van der Waals surface area contributed by atoms with Gasteiger partial charge in [0.1, 0.15) is 5.01 Å². The lowest BCUT2D eigenvalue weighted by Crippen LogP contribution is -2.36. The third-order valence-electron chi connectivity index (χ3n) is 3.85. The largest absolute Gasteiger partial charge is 0.396 e. The van der Waals surface area contributed by atoms with Gasteiger partial charge in [-0.05, 0) is 39.2 Å². The molecular weight excluding hydrogens is 324 g/mol. The maximum absolute atomic E-state index is 12.0. The first-order valence-electron chi connectivity index (χ1n) is 8.01. The minimum Gasteiger partial charge on any atom is -0.396 e. The van der Waals surface area contributed by atoms with Crippen molar-refractivity contribution in [3.8, 4) is 0 Å². The van der Waals surface area contributed by atoms with Crippen molar-refractivity contribution in [1.82, 2.24) is 15.5 Å². The molecule has 1 aromatic carbocycles. The quantitative estimate of drug-likeness (QED) is 0.717. The molecule has 7 heteroatoms. The van der Waals surface area contributed by atoms with Crippen LogP contribution in [-0.4, -0.2) is 34.0 Å². The molecule has 0 fully saturated rings. The van der Waals surface area contributed by atoms with Crippen LogP contribution in [0.4, 0.5) is 9.93 Å². The Morgan fingerprint density at radius 3 is 2.67 bits per heavy atom.